The molecule has 2 aromatic carbocycles. The van der Waals surface area contributed by atoms with Crippen LogP contribution in [0.15, 0.2) is 53.9 Å². The van der Waals surface area contributed by atoms with Crippen molar-refractivity contribution in [2.24, 2.45) is 0 Å². The number of amides is 1. The van der Waals surface area contributed by atoms with Gasteiger partial charge in [0.1, 0.15) is 6.23 Å². The van der Waals surface area contributed by atoms with Crippen LogP contribution in [0, 0.1) is 6.92 Å². The van der Waals surface area contributed by atoms with Crippen molar-refractivity contribution in [1.29, 1.82) is 0 Å². The Kier molecular flexibility index (Phi) is 8.20. The molecule has 0 fully saturated rings. The Morgan fingerprint density at radius 1 is 1.17 bits per heavy atom. The number of thiophene rings is 1. The average Bonchev–Trinajstić information content (AvgIpc) is 3.49. The number of methoxy groups -OCH3 is 1. The van der Waals surface area contributed by atoms with E-state index in [9.17, 15) is 4.79 Å². The maximum Gasteiger partial charge on any atom is 0.266 e. The summed E-state index contributed by atoms with van der Waals surface area (Å²) in [5, 5.41) is 13.7. The van der Waals surface area contributed by atoms with Gasteiger partial charge in [0.25, 0.3) is 5.91 Å². The Bertz CT molecular complexity index is 1360. The number of aromatic nitrogens is 2. The molecule has 1 atom stereocenters. The Labute approximate surface area is 216 Å². The number of carbonyl (C=O) groups excluding carboxylic acids is 1. The second-order valence-electron chi connectivity index (χ2n) is 8.98. The average molecular weight is 504 g/mol. The maximum atomic E-state index is 13.2. The number of hydrogen-bond acceptors (Lipinski definition) is 6. The van der Waals surface area contributed by atoms with Crippen LogP contribution in [-0.4, -0.2) is 61.5 Å². The van der Waals surface area contributed by atoms with E-state index in [4.69, 9.17) is 4.74 Å². The van der Waals surface area contributed by atoms with Crippen LogP contribution in [0.5, 0.6) is 0 Å². The van der Waals surface area contributed by atoms with Crippen molar-refractivity contribution < 1.29 is 9.53 Å². The molecule has 2 heterocycles. The fraction of sp³-hybridized carbons (Fsp3) is 0.286. The van der Waals surface area contributed by atoms with Gasteiger partial charge in [-0.3, -0.25) is 9.89 Å². The van der Waals surface area contributed by atoms with Crippen LogP contribution in [0.4, 0.5) is 11.4 Å². The van der Waals surface area contributed by atoms with Gasteiger partial charge in [-0.2, -0.15) is 5.10 Å². The minimum atomic E-state index is -0.121. The Balaban J connectivity index is 1.71. The number of aryl methyl sites for hydroxylation is 1. The Morgan fingerprint density at radius 2 is 1.97 bits per heavy atom. The van der Waals surface area contributed by atoms with Crippen molar-refractivity contribution in [3.05, 3.63) is 75.6 Å². The molecular formula is C28H33N5O2S. The Morgan fingerprint density at radius 3 is 2.69 bits per heavy atom. The van der Waals surface area contributed by atoms with Crippen molar-refractivity contribution >= 4 is 51.7 Å². The molecule has 0 aliphatic carbocycles. The number of H-pyrrole nitrogens is 1. The summed E-state index contributed by atoms with van der Waals surface area (Å²) in [7, 11) is 5.81. The van der Waals surface area contributed by atoms with Gasteiger partial charge in [0, 0.05) is 31.3 Å². The summed E-state index contributed by atoms with van der Waals surface area (Å²) in [6.07, 6.45) is 3.85. The molecule has 4 rings (SSSR count). The molecule has 0 saturated carbocycles. The van der Waals surface area contributed by atoms with Gasteiger partial charge in [-0.15, -0.1) is 11.3 Å². The van der Waals surface area contributed by atoms with Crippen LogP contribution in [0.2, 0.25) is 0 Å². The highest BCUT2D eigenvalue weighted by Gasteiger charge is 2.18. The third-order valence-corrected chi connectivity index (χ3v) is 7.19. The molecule has 2 aromatic heterocycles. The topological polar surface area (TPSA) is 73.5 Å². The van der Waals surface area contributed by atoms with Gasteiger partial charge in [-0.1, -0.05) is 30.3 Å². The number of nitrogens with zero attached hydrogens (tertiary/aromatic N) is 3. The van der Waals surface area contributed by atoms with Crippen molar-refractivity contribution in [3.8, 4) is 0 Å². The lowest BCUT2D eigenvalue weighted by atomic mass is 10.1. The first-order valence-electron chi connectivity index (χ1n) is 11.9. The first-order valence-corrected chi connectivity index (χ1v) is 12.8. The summed E-state index contributed by atoms with van der Waals surface area (Å²) in [5.74, 6) is -0.112. The predicted octanol–water partition coefficient (Wildman–Crippen LogP) is 5.72. The number of fused-ring (bicyclic) bond motifs is 1. The fourth-order valence-corrected chi connectivity index (χ4v) is 4.82. The zero-order valence-corrected chi connectivity index (χ0v) is 22.2. The van der Waals surface area contributed by atoms with Gasteiger partial charge in [0.2, 0.25) is 0 Å². The van der Waals surface area contributed by atoms with E-state index in [0.717, 1.165) is 52.2 Å². The number of hydrogen-bond donors (Lipinski definition) is 2. The minimum Gasteiger partial charge on any atom is -0.362 e. The molecule has 0 bridgehead atoms. The van der Waals surface area contributed by atoms with Gasteiger partial charge >= 0.3 is 0 Å². The lowest BCUT2D eigenvalue weighted by Gasteiger charge is -2.32. The summed E-state index contributed by atoms with van der Waals surface area (Å²) >= 11 is 1.45. The number of likely N-dealkylation sites (N-methyl/N-ethyl adjacent to an activating group) is 1. The second-order valence-corrected chi connectivity index (χ2v) is 9.89. The summed E-state index contributed by atoms with van der Waals surface area (Å²) in [6, 6.07) is 16.1. The van der Waals surface area contributed by atoms with Gasteiger partial charge < -0.3 is 19.9 Å². The molecule has 2 N–H and O–H groups in total. The van der Waals surface area contributed by atoms with Crippen LogP contribution in [0.3, 0.4) is 0 Å². The maximum absolute atomic E-state index is 13.2. The first kappa shape index (κ1) is 25.6. The van der Waals surface area contributed by atoms with E-state index in [0.29, 0.717) is 4.88 Å². The van der Waals surface area contributed by atoms with E-state index >= 15 is 0 Å². The molecule has 36 heavy (non-hydrogen) atoms. The number of para-hydroxylation sites is 1. The van der Waals surface area contributed by atoms with E-state index in [1.807, 2.05) is 73.8 Å². The normalized spacial score (nSPS) is 12.5. The van der Waals surface area contributed by atoms with Crippen LogP contribution < -0.4 is 10.2 Å². The molecule has 8 heteroatoms. The van der Waals surface area contributed by atoms with E-state index < -0.39 is 0 Å². The molecule has 0 aliphatic rings. The lowest BCUT2D eigenvalue weighted by Crippen LogP contribution is -2.39. The smallest absolute Gasteiger partial charge is 0.266 e. The second kappa shape index (κ2) is 11.5. The zero-order chi connectivity index (χ0) is 25.7. The molecule has 1 amide bonds. The minimum absolute atomic E-state index is 0.112. The number of rotatable bonds is 10. The highest BCUT2D eigenvalue weighted by molar-refractivity contribution is 7.12. The van der Waals surface area contributed by atoms with E-state index in [2.05, 4.69) is 45.5 Å². The SMILES string of the molecule is COC(C)N(CCN(C)C)c1ccc(/C=C/c2n[nH]c3ccccc23)c(NC(=O)c2sccc2C)c1. The van der Waals surface area contributed by atoms with Crippen LogP contribution in [0.1, 0.15) is 33.4 Å². The summed E-state index contributed by atoms with van der Waals surface area (Å²) < 4.78 is 5.66. The van der Waals surface area contributed by atoms with Gasteiger partial charge in [0.05, 0.1) is 21.8 Å². The molecule has 0 aliphatic heterocycles. The highest BCUT2D eigenvalue weighted by atomic mass is 32.1. The number of benzene rings is 2. The number of anilines is 2. The van der Waals surface area contributed by atoms with E-state index in [1.165, 1.54) is 11.3 Å². The number of aromatic amines is 1. The van der Waals surface area contributed by atoms with Crippen molar-refractivity contribution in [2.75, 3.05) is 44.5 Å². The van der Waals surface area contributed by atoms with E-state index in [1.54, 1.807) is 7.11 Å². The van der Waals surface area contributed by atoms with Gasteiger partial charge in [-0.25, -0.2) is 0 Å². The summed E-state index contributed by atoms with van der Waals surface area (Å²) in [6.45, 7) is 5.64. The number of carbonyl (C=O) groups is 1. The van der Waals surface area contributed by atoms with Crippen molar-refractivity contribution in [3.63, 3.8) is 0 Å². The molecule has 0 radical (unpaired) electrons. The van der Waals surface area contributed by atoms with Crippen LogP contribution in [0.25, 0.3) is 23.1 Å². The zero-order valence-electron chi connectivity index (χ0n) is 21.4. The Hall–Kier alpha value is -3.46. The van der Waals surface area contributed by atoms with Crippen LogP contribution in [-0.2, 0) is 4.74 Å². The first-order chi connectivity index (χ1) is 17.4. The lowest BCUT2D eigenvalue weighted by molar-refractivity contribution is 0.103. The molecule has 7 nitrogen and oxygen atoms in total. The fourth-order valence-electron chi connectivity index (χ4n) is 4.00. The van der Waals surface area contributed by atoms with Gasteiger partial charge in [0.15, 0.2) is 0 Å². The van der Waals surface area contributed by atoms with Crippen LogP contribution >= 0.6 is 11.3 Å². The summed E-state index contributed by atoms with van der Waals surface area (Å²) in [5.41, 5.74) is 5.41. The number of nitrogens with one attached hydrogen (secondary N) is 2. The molecular weight excluding hydrogens is 470 g/mol. The number of ether oxygens (including phenoxy) is 1. The molecule has 188 valence electrons. The monoisotopic (exact) mass is 503 g/mol. The van der Waals surface area contributed by atoms with E-state index in [-0.39, 0.29) is 12.1 Å². The third kappa shape index (κ3) is 5.84. The largest absolute Gasteiger partial charge is 0.362 e. The molecule has 1 unspecified atom stereocenters. The predicted molar refractivity (Wildman–Crippen MR) is 151 cm³/mol. The quantitative estimate of drug-likeness (QED) is 0.271. The third-order valence-electron chi connectivity index (χ3n) is 6.17. The van der Waals surface area contributed by atoms with Crippen molar-refractivity contribution in [1.82, 2.24) is 15.1 Å². The molecule has 4 aromatic rings. The standard InChI is InChI=1S/C28H33N5O2S/c1-19-14-17-36-27(19)28(34)29-26-18-22(33(20(2)35-5)16-15-32(3)4)12-10-21(26)11-13-25-23-8-6-7-9-24(23)30-31-25/h6-14,17-18,20H,15-16H2,1-5H3,(H,29,34)(H,30,31)/b13-11+. The van der Waals surface area contributed by atoms with Gasteiger partial charge in [-0.05, 0) is 74.8 Å². The molecule has 0 saturated heterocycles. The molecule has 0 spiro atoms. The summed E-state index contributed by atoms with van der Waals surface area (Å²) in [4.78, 5) is 18.2. The van der Waals surface area contributed by atoms with Crippen molar-refractivity contribution in [2.45, 2.75) is 20.1 Å². The highest BCUT2D eigenvalue weighted by Crippen LogP contribution is 2.29.